The average Bonchev–Trinajstić information content (AvgIpc) is 2.16. The average molecular weight is 192 g/mol. The van der Waals surface area contributed by atoms with Crippen LogP contribution in [0.4, 0.5) is 10.1 Å². The fourth-order valence-electron chi connectivity index (χ4n) is 0.825. The van der Waals surface area contributed by atoms with E-state index in [1.165, 1.54) is 6.07 Å². The molecule has 0 aromatic heterocycles. The number of nitrogens with two attached hydrogens (primary N) is 1. The molecule has 0 amide bonds. The fourth-order valence-corrected chi connectivity index (χ4v) is 0.825. The van der Waals surface area contributed by atoms with Crippen molar-refractivity contribution >= 4 is 11.9 Å². The SMILES string of the molecule is C/C(N)=C(\C)C=Nc1ccccc1F. The van der Waals surface area contributed by atoms with Crippen molar-refractivity contribution in [3.05, 3.63) is 41.4 Å². The number of para-hydroxylation sites is 1. The van der Waals surface area contributed by atoms with Gasteiger partial charge in [0.2, 0.25) is 0 Å². The van der Waals surface area contributed by atoms with Gasteiger partial charge in [-0.15, -0.1) is 0 Å². The monoisotopic (exact) mass is 192 g/mol. The van der Waals surface area contributed by atoms with Crippen molar-refractivity contribution in [1.82, 2.24) is 0 Å². The molecule has 1 rings (SSSR count). The van der Waals surface area contributed by atoms with E-state index in [1.807, 2.05) is 6.92 Å². The lowest BCUT2D eigenvalue weighted by Gasteiger charge is -1.97. The molecule has 0 heterocycles. The van der Waals surface area contributed by atoms with Gasteiger partial charge in [-0.05, 0) is 31.6 Å². The summed E-state index contributed by atoms with van der Waals surface area (Å²) in [5, 5.41) is 0. The van der Waals surface area contributed by atoms with Gasteiger partial charge < -0.3 is 5.73 Å². The zero-order valence-electron chi connectivity index (χ0n) is 8.29. The zero-order chi connectivity index (χ0) is 10.6. The number of hydrogen-bond acceptors (Lipinski definition) is 2. The van der Waals surface area contributed by atoms with Crippen molar-refractivity contribution < 1.29 is 4.39 Å². The maximum absolute atomic E-state index is 13.1. The Balaban J connectivity index is 2.90. The summed E-state index contributed by atoms with van der Waals surface area (Å²) in [6.45, 7) is 3.61. The number of halogens is 1. The van der Waals surface area contributed by atoms with E-state index in [0.717, 1.165) is 5.57 Å². The summed E-state index contributed by atoms with van der Waals surface area (Å²) >= 11 is 0. The summed E-state index contributed by atoms with van der Waals surface area (Å²) < 4.78 is 13.1. The van der Waals surface area contributed by atoms with Gasteiger partial charge in [-0.3, -0.25) is 4.99 Å². The van der Waals surface area contributed by atoms with Gasteiger partial charge in [0.25, 0.3) is 0 Å². The lowest BCUT2D eigenvalue weighted by Crippen LogP contribution is -1.95. The first-order valence-corrected chi connectivity index (χ1v) is 4.33. The molecular formula is C11H13FN2. The van der Waals surface area contributed by atoms with Crippen molar-refractivity contribution in [2.45, 2.75) is 13.8 Å². The highest BCUT2D eigenvalue weighted by atomic mass is 19.1. The van der Waals surface area contributed by atoms with E-state index in [0.29, 0.717) is 11.4 Å². The number of hydrogen-bond donors (Lipinski definition) is 1. The second-order valence-electron chi connectivity index (χ2n) is 3.08. The quantitative estimate of drug-likeness (QED) is 0.719. The van der Waals surface area contributed by atoms with Gasteiger partial charge in [0.1, 0.15) is 5.82 Å². The molecule has 0 saturated carbocycles. The maximum atomic E-state index is 13.1. The molecule has 14 heavy (non-hydrogen) atoms. The van der Waals surface area contributed by atoms with Gasteiger partial charge in [-0.2, -0.15) is 0 Å². The van der Waals surface area contributed by atoms with Crippen LogP contribution >= 0.6 is 0 Å². The van der Waals surface area contributed by atoms with Gasteiger partial charge >= 0.3 is 0 Å². The summed E-state index contributed by atoms with van der Waals surface area (Å²) in [5.41, 5.74) is 7.39. The summed E-state index contributed by atoms with van der Waals surface area (Å²) in [6.07, 6.45) is 1.56. The van der Waals surface area contributed by atoms with Crippen LogP contribution in [0.3, 0.4) is 0 Å². The van der Waals surface area contributed by atoms with E-state index in [1.54, 1.807) is 31.3 Å². The van der Waals surface area contributed by atoms with Crippen LogP contribution in [0.15, 0.2) is 40.5 Å². The summed E-state index contributed by atoms with van der Waals surface area (Å²) in [4.78, 5) is 3.99. The van der Waals surface area contributed by atoms with Crippen molar-refractivity contribution in [1.29, 1.82) is 0 Å². The van der Waals surface area contributed by atoms with Crippen molar-refractivity contribution in [2.75, 3.05) is 0 Å². The number of aliphatic imine (C=N–C) groups is 1. The van der Waals surface area contributed by atoms with E-state index < -0.39 is 0 Å². The van der Waals surface area contributed by atoms with Crippen LogP contribution < -0.4 is 5.73 Å². The lowest BCUT2D eigenvalue weighted by molar-refractivity contribution is 0.630. The first-order chi connectivity index (χ1) is 6.61. The zero-order valence-corrected chi connectivity index (χ0v) is 8.29. The Morgan fingerprint density at radius 1 is 1.36 bits per heavy atom. The van der Waals surface area contributed by atoms with E-state index in [4.69, 9.17) is 5.73 Å². The Bertz CT molecular complexity index is 377. The Morgan fingerprint density at radius 3 is 2.57 bits per heavy atom. The molecule has 2 N–H and O–H groups in total. The van der Waals surface area contributed by atoms with Crippen molar-refractivity contribution in [3.63, 3.8) is 0 Å². The van der Waals surface area contributed by atoms with Crippen LogP contribution in [0.1, 0.15) is 13.8 Å². The molecule has 0 unspecified atom stereocenters. The smallest absolute Gasteiger partial charge is 0.148 e. The molecule has 0 atom stereocenters. The molecule has 0 bridgehead atoms. The van der Waals surface area contributed by atoms with E-state index >= 15 is 0 Å². The predicted octanol–water partition coefficient (Wildman–Crippen LogP) is 2.78. The summed E-state index contributed by atoms with van der Waals surface area (Å²) in [5.74, 6) is -0.328. The van der Waals surface area contributed by atoms with Crippen molar-refractivity contribution in [3.8, 4) is 0 Å². The standard InChI is InChI=1S/C11H13FN2/c1-8(9(2)13)7-14-11-6-4-3-5-10(11)12/h3-7H,13H2,1-2H3/b9-8-,14-7?. The molecule has 0 aliphatic carbocycles. The normalized spacial score (nSPS) is 13.1. The van der Waals surface area contributed by atoms with Gasteiger partial charge in [0.15, 0.2) is 0 Å². The minimum absolute atomic E-state index is 0.327. The number of nitrogens with zero attached hydrogens (tertiary/aromatic N) is 1. The highest BCUT2D eigenvalue weighted by Gasteiger charge is 1.96. The largest absolute Gasteiger partial charge is 0.402 e. The summed E-state index contributed by atoms with van der Waals surface area (Å²) in [7, 11) is 0. The molecule has 0 aliphatic rings. The van der Waals surface area contributed by atoms with Crippen LogP contribution in [0.5, 0.6) is 0 Å². The molecule has 2 nitrogen and oxygen atoms in total. The second-order valence-corrected chi connectivity index (χ2v) is 3.08. The predicted molar refractivity (Wildman–Crippen MR) is 57.1 cm³/mol. The van der Waals surface area contributed by atoms with Gasteiger partial charge in [-0.25, -0.2) is 4.39 Å². The highest BCUT2D eigenvalue weighted by molar-refractivity contribution is 5.81. The third-order valence-corrected chi connectivity index (χ3v) is 1.87. The number of rotatable bonds is 2. The molecule has 74 valence electrons. The molecule has 0 saturated heterocycles. The molecule has 0 aliphatic heterocycles. The van der Waals surface area contributed by atoms with E-state index in [-0.39, 0.29) is 5.82 Å². The van der Waals surface area contributed by atoms with Crippen LogP contribution in [0, 0.1) is 5.82 Å². The van der Waals surface area contributed by atoms with Crippen LogP contribution in [0.25, 0.3) is 0 Å². The lowest BCUT2D eigenvalue weighted by atomic mass is 10.2. The maximum Gasteiger partial charge on any atom is 0.148 e. The van der Waals surface area contributed by atoms with Crippen LogP contribution in [-0.4, -0.2) is 6.21 Å². The minimum Gasteiger partial charge on any atom is -0.402 e. The number of allylic oxidation sites excluding steroid dienone is 2. The molecule has 0 fully saturated rings. The van der Waals surface area contributed by atoms with Crippen molar-refractivity contribution in [2.24, 2.45) is 10.7 Å². The van der Waals surface area contributed by atoms with E-state index in [9.17, 15) is 4.39 Å². The van der Waals surface area contributed by atoms with Gasteiger partial charge in [-0.1, -0.05) is 12.1 Å². The molecule has 1 aromatic carbocycles. The topological polar surface area (TPSA) is 38.4 Å². The Morgan fingerprint density at radius 2 is 2.00 bits per heavy atom. The second kappa shape index (κ2) is 4.56. The van der Waals surface area contributed by atoms with Gasteiger partial charge in [0.05, 0.1) is 5.69 Å². The Labute approximate surface area is 83.0 Å². The van der Waals surface area contributed by atoms with Crippen LogP contribution in [-0.2, 0) is 0 Å². The number of benzene rings is 1. The van der Waals surface area contributed by atoms with E-state index in [2.05, 4.69) is 4.99 Å². The van der Waals surface area contributed by atoms with Gasteiger partial charge in [0, 0.05) is 11.9 Å². The summed E-state index contributed by atoms with van der Waals surface area (Å²) in [6, 6.07) is 6.36. The molecular weight excluding hydrogens is 179 g/mol. The van der Waals surface area contributed by atoms with Crippen LogP contribution in [0.2, 0.25) is 0 Å². The highest BCUT2D eigenvalue weighted by Crippen LogP contribution is 2.15. The third-order valence-electron chi connectivity index (χ3n) is 1.87. The Hall–Kier alpha value is -1.64. The first kappa shape index (κ1) is 10.4. The molecule has 1 aromatic rings. The first-order valence-electron chi connectivity index (χ1n) is 4.33. The molecule has 0 spiro atoms. The third kappa shape index (κ3) is 2.69. The molecule has 0 radical (unpaired) electrons. The molecule has 3 heteroatoms. The fraction of sp³-hybridized carbons (Fsp3) is 0.182. The Kier molecular flexibility index (Phi) is 3.40. The minimum atomic E-state index is -0.328.